The lowest BCUT2D eigenvalue weighted by Gasteiger charge is -2.28. The van der Waals surface area contributed by atoms with Gasteiger partial charge < -0.3 is 10.0 Å². The van der Waals surface area contributed by atoms with Gasteiger partial charge in [0.1, 0.15) is 5.75 Å². The van der Waals surface area contributed by atoms with E-state index >= 15 is 0 Å². The molecule has 0 radical (unpaired) electrons. The van der Waals surface area contributed by atoms with Crippen molar-refractivity contribution in [3.63, 3.8) is 0 Å². The van der Waals surface area contributed by atoms with Crippen molar-refractivity contribution in [2.24, 2.45) is 0 Å². The molecule has 1 N–H and O–H groups in total. The zero-order valence-corrected chi connectivity index (χ0v) is 8.44. The molecule has 0 atom stereocenters. The lowest BCUT2D eigenvalue weighted by atomic mass is 9.98. The zero-order valence-electron chi connectivity index (χ0n) is 8.44. The Morgan fingerprint density at radius 3 is 2.87 bits per heavy atom. The Labute approximate surface area is 88.3 Å². The first-order valence-electron chi connectivity index (χ1n) is 5.38. The molecule has 3 rings (SSSR count). The van der Waals surface area contributed by atoms with Crippen LogP contribution in [0.2, 0.25) is 0 Å². The Bertz CT molecular complexity index is 424. The van der Waals surface area contributed by atoms with Crippen molar-refractivity contribution in [1.82, 2.24) is 4.90 Å². The van der Waals surface area contributed by atoms with Gasteiger partial charge in [0.2, 0.25) is 0 Å². The number of benzene rings is 1. The number of aromatic hydroxyl groups is 1. The standard InChI is InChI=1S/C12H13NO2/c14-10-4-1-8-5-6-13(9-2-3-9)12(15)11(8)7-10/h1,4,7,9,14H,2-3,5-6H2. The number of fused-ring (bicyclic) bond motifs is 1. The van der Waals surface area contributed by atoms with Crippen LogP contribution >= 0.6 is 0 Å². The monoisotopic (exact) mass is 203 g/mol. The van der Waals surface area contributed by atoms with Crippen LogP contribution in [0, 0.1) is 0 Å². The number of rotatable bonds is 1. The molecule has 0 aromatic heterocycles. The summed E-state index contributed by atoms with van der Waals surface area (Å²) in [6.07, 6.45) is 3.19. The average molecular weight is 203 g/mol. The maximum Gasteiger partial charge on any atom is 0.254 e. The summed E-state index contributed by atoms with van der Waals surface area (Å²) in [5.74, 6) is 0.273. The molecule has 15 heavy (non-hydrogen) atoms. The minimum Gasteiger partial charge on any atom is -0.508 e. The van der Waals surface area contributed by atoms with Gasteiger partial charge in [-0.2, -0.15) is 0 Å². The second kappa shape index (κ2) is 2.99. The maximum absolute atomic E-state index is 12.1. The fraction of sp³-hybridized carbons (Fsp3) is 0.417. The molecular formula is C12H13NO2. The van der Waals surface area contributed by atoms with E-state index in [1.54, 1.807) is 12.1 Å². The van der Waals surface area contributed by atoms with Crippen LogP contribution in [0.5, 0.6) is 5.75 Å². The second-order valence-electron chi connectivity index (χ2n) is 4.32. The summed E-state index contributed by atoms with van der Waals surface area (Å²) in [5.41, 5.74) is 1.75. The largest absolute Gasteiger partial charge is 0.508 e. The van der Waals surface area contributed by atoms with Crippen LogP contribution in [0.4, 0.5) is 0 Å². The van der Waals surface area contributed by atoms with Gasteiger partial charge in [-0.3, -0.25) is 4.79 Å². The lowest BCUT2D eigenvalue weighted by Crippen LogP contribution is -2.39. The first-order chi connectivity index (χ1) is 7.25. The SMILES string of the molecule is O=C1c2cc(O)ccc2CCN1C1CC1. The van der Waals surface area contributed by atoms with Crippen LogP contribution in [0.3, 0.4) is 0 Å². The zero-order chi connectivity index (χ0) is 10.4. The molecule has 1 heterocycles. The first kappa shape index (κ1) is 8.77. The molecule has 0 unspecified atom stereocenters. The minimum absolute atomic E-state index is 0.0923. The number of amides is 1. The summed E-state index contributed by atoms with van der Waals surface area (Å²) in [6.45, 7) is 0.835. The summed E-state index contributed by atoms with van der Waals surface area (Å²) >= 11 is 0. The average Bonchev–Trinajstić information content (AvgIpc) is 3.03. The van der Waals surface area contributed by atoms with E-state index in [-0.39, 0.29) is 11.7 Å². The van der Waals surface area contributed by atoms with Gasteiger partial charge in [-0.05, 0) is 37.0 Å². The molecule has 1 amide bonds. The first-order valence-corrected chi connectivity index (χ1v) is 5.38. The Hall–Kier alpha value is -1.51. The number of nitrogens with zero attached hydrogens (tertiary/aromatic N) is 1. The highest BCUT2D eigenvalue weighted by molar-refractivity contribution is 5.97. The van der Waals surface area contributed by atoms with E-state index in [1.165, 1.54) is 0 Å². The number of carbonyl (C=O) groups is 1. The molecule has 78 valence electrons. The van der Waals surface area contributed by atoms with E-state index in [9.17, 15) is 9.90 Å². The van der Waals surface area contributed by atoms with Crippen LogP contribution < -0.4 is 0 Å². The Morgan fingerprint density at radius 2 is 2.13 bits per heavy atom. The molecule has 1 fully saturated rings. The molecule has 1 aliphatic carbocycles. The Kier molecular flexibility index (Phi) is 1.75. The lowest BCUT2D eigenvalue weighted by molar-refractivity contribution is 0.0726. The van der Waals surface area contributed by atoms with Crippen molar-refractivity contribution in [3.05, 3.63) is 29.3 Å². The molecule has 3 heteroatoms. The smallest absolute Gasteiger partial charge is 0.254 e. The number of hydrogen-bond acceptors (Lipinski definition) is 2. The molecule has 0 saturated heterocycles. The van der Waals surface area contributed by atoms with Crippen molar-refractivity contribution >= 4 is 5.91 Å². The molecule has 0 spiro atoms. The van der Waals surface area contributed by atoms with E-state index in [0.29, 0.717) is 11.6 Å². The number of carbonyl (C=O) groups excluding carboxylic acids is 1. The molecular weight excluding hydrogens is 190 g/mol. The normalized spacial score (nSPS) is 20.3. The maximum atomic E-state index is 12.1. The van der Waals surface area contributed by atoms with Crippen LogP contribution in [0.25, 0.3) is 0 Å². The molecule has 1 saturated carbocycles. The van der Waals surface area contributed by atoms with Gasteiger partial charge in [-0.1, -0.05) is 6.07 Å². The number of hydrogen-bond donors (Lipinski definition) is 1. The van der Waals surface area contributed by atoms with E-state index in [0.717, 1.165) is 31.4 Å². The highest BCUT2D eigenvalue weighted by atomic mass is 16.3. The fourth-order valence-corrected chi connectivity index (χ4v) is 2.21. The predicted octanol–water partition coefficient (Wildman–Crippen LogP) is 1.55. The van der Waals surface area contributed by atoms with Gasteiger partial charge >= 0.3 is 0 Å². The van der Waals surface area contributed by atoms with Gasteiger partial charge in [-0.25, -0.2) is 0 Å². The number of phenols is 1. The third kappa shape index (κ3) is 1.39. The van der Waals surface area contributed by atoms with Crippen molar-refractivity contribution in [2.75, 3.05) is 6.54 Å². The third-order valence-electron chi connectivity index (χ3n) is 3.19. The van der Waals surface area contributed by atoms with E-state index in [1.807, 2.05) is 11.0 Å². The summed E-state index contributed by atoms with van der Waals surface area (Å²) in [7, 11) is 0. The third-order valence-corrected chi connectivity index (χ3v) is 3.19. The van der Waals surface area contributed by atoms with E-state index in [4.69, 9.17) is 0 Å². The molecule has 2 aliphatic rings. The van der Waals surface area contributed by atoms with Crippen molar-refractivity contribution in [3.8, 4) is 5.75 Å². The molecule has 1 aromatic carbocycles. The highest BCUT2D eigenvalue weighted by Gasteiger charge is 2.35. The summed E-state index contributed by atoms with van der Waals surface area (Å²) in [4.78, 5) is 14.0. The van der Waals surface area contributed by atoms with Crippen LogP contribution in [0.15, 0.2) is 18.2 Å². The van der Waals surface area contributed by atoms with Gasteiger partial charge in [0.05, 0.1) is 0 Å². The fourth-order valence-electron chi connectivity index (χ4n) is 2.21. The van der Waals surface area contributed by atoms with E-state index < -0.39 is 0 Å². The summed E-state index contributed by atoms with van der Waals surface area (Å²) in [6, 6.07) is 5.56. The van der Waals surface area contributed by atoms with E-state index in [2.05, 4.69) is 0 Å². The van der Waals surface area contributed by atoms with Crippen molar-refractivity contribution < 1.29 is 9.90 Å². The van der Waals surface area contributed by atoms with Crippen molar-refractivity contribution in [1.29, 1.82) is 0 Å². The number of phenolic OH excluding ortho intramolecular Hbond substituents is 1. The van der Waals surface area contributed by atoms with Gasteiger partial charge in [0, 0.05) is 18.2 Å². The molecule has 1 aliphatic heterocycles. The molecule has 3 nitrogen and oxygen atoms in total. The molecule has 1 aromatic rings. The van der Waals surface area contributed by atoms with Gasteiger partial charge in [0.15, 0.2) is 0 Å². The van der Waals surface area contributed by atoms with Crippen LogP contribution in [-0.4, -0.2) is 28.5 Å². The van der Waals surface area contributed by atoms with Crippen LogP contribution in [-0.2, 0) is 6.42 Å². The summed E-state index contributed by atoms with van der Waals surface area (Å²) in [5, 5.41) is 9.38. The quantitative estimate of drug-likeness (QED) is 0.752. The highest BCUT2D eigenvalue weighted by Crippen LogP contribution is 2.32. The van der Waals surface area contributed by atoms with Crippen molar-refractivity contribution in [2.45, 2.75) is 25.3 Å². The van der Waals surface area contributed by atoms with Gasteiger partial charge in [0.25, 0.3) is 5.91 Å². The Balaban J connectivity index is 2.00. The van der Waals surface area contributed by atoms with Crippen LogP contribution in [0.1, 0.15) is 28.8 Å². The topological polar surface area (TPSA) is 40.5 Å². The molecule has 0 bridgehead atoms. The minimum atomic E-state index is 0.0923. The van der Waals surface area contributed by atoms with Gasteiger partial charge in [-0.15, -0.1) is 0 Å². The second-order valence-corrected chi connectivity index (χ2v) is 4.32. The summed E-state index contributed by atoms with van der Waals surface area (Å²) < 4.78 is 0. The predicted molar refractivity (Wildman–Crippen MR) is 55.9 cm³/mol. The Morgan fingerprint density at radius 1 is 1.33 bits per heavy atom.